The topological polar surface area (TPSA) is 89.0 Å². The summed E-state index contributed by atoms with van der Waals surface area (Å²) in [5.41, 5.74) is -0.225. The number of hydrogen-bond donors (Lipinski definition) is 1. The fourth-order valence-electron chi connectivity index (χ4n) is 2.54. The molecule has 2 aromatic heterocycles. The lowest BCUT2D eigenvalue weighted by molar-refractivity contribution is -0.141. The monoisotopic (exact) mass is 423 g/mol. The van der Waals surface area contributed by atoms with Crippen LogP contribution in [0.2, 0.25) is 0 Å². The fourth-order valence-corrected chi connectivity index (χ4v) is 3.87. The first-order valence-electron chi connectivity index (χ1n) is 8.37. The summed E-state index contributed by atoms with van der Waals surface area (Å²) >= 11 is 0. The van der Waals surface area contributed by atoms with E-state index >= 15 is 0 Å². The Kier molecular flexibility index (Phi) is 5.08. The molecule has 2 heterocycles. The number of amides is 1. The van der Waals surface area contributed by atoms with E-state index < -0.39 is 37.3 Å². The molecular weight excluding hydrogens is 407 g/mol. The maximum atomic E-state index is 12.9. The number of nitrogens with one attached hydrogen (secondary N) is 1. The zero-order valence-corrected chi connectivity index (χ0v) is 16.2. The Morgan fingerprint density at radius 2 is 1.69 bits per heavy atom. The molecule has 3 aromatic rings. The highest BCUT2D eigenvalue weighted by Gasteiger charge is 2.43. The largest absolute Gasteiger partial charge is 0.433 e. The number of aromatic nitrogens is 2. The Morgan fingerprint density at radius 3 is 2.31 bits per heavy atom. The Balaban J connectivity index is 1.88. The van der Waals surface area contributed by atoms with Gasteiger partial charge in [-0.2, -0.15) is 13.2 Å². The summed E-state index contributed by atoms with van der Waals surface area (Å²) in [7, 11) is -4.32. The molecule has 1 N–H and O–H groups in total. The Bertz CT molecular complexity index is 1170. The van der Waals surface area contributed by atoms with E-state index in [1.54, 1.807) is 30.3 Å². The van der Waals surface area contributed by atoms with Crippen LogP contribution in [-0.2, 0) is 20.8 Å². The molecule has 0 saturated heterocycles. The van der Waals surface area contributed by atoms with Gasteiger partial charge >= 0.3 is 6.18 Å². The van der Waals surface area contributed by atoms with Crippen molar-refractivity contribution in [2.75, 3.05) is 5.32 Å². The summed E-state index contributed by atoms with van der Waals surface area (Å²) < 4.78 is 61.7. The summed E-state index contributed by atoms with van der Waals surface area (Å²) in [6.45, 7) is 2.34. The van der Waals surface area contributed by atoms with Gasteiger partial charge in [0.25, 0.3) is 0 Å². The number of rotatable bonds is 4. The minimum atomic E-state index is -4.70. The van der Waals surface area contributed by atoms with Gasteiger partial charge in [-0.05, 0) is 38.1 Å². The van der Waals surface area contributed by atoms with Crippen LogP contribution in [0.25, 0.3) is 10.9 Å². The van der Waals surface area contributed by atoms with Gasteiger partial charge in [-0.3, -0.25) is 14.8 Å². The number of anilines is 1. The second-order valence-electron chi connectivity index (χ2n) is 6.76. The number of halogens is 3. The van der Waals surface area contributed by atoms with Crippen molar-refractivity contribution in [1.29, 1.82) is 0 Å². The van der Waals surface area contributed by atoms with E-state index in [0.29, 0.717) is 23.5 Å². The quantitative estimate of drug-likeness (QED) is 0.689. The van der Waals surface area contributed by atoms with Gasteiger partial charge in [0.05, 0.1) is 22.3 Å². The molecule has 29 heavy (non-hydrogen) atoms. The molecule has 1 amide bonds. The highest BCUT2D eigenvalue weighted by atomic mass is 32.2. The molecule has 152 valence electrons. The number of sulfone groups is 1. The maximum absolute atomic E-state index is 12.9. The Labute approximate surface area is 164 Å². The number of pyridine rings is 2. The van der Waals surface area contributed by atoms with Gasteiger partial charge in [0.15, 0.2) is 9.84 Å². The minimum Gasteiger partial charge on any atom is -0.323 e. The van der Waals surface area contributed by atoms with E-state index in [1.807, 2.05) is 0 Å². The standard InChI is InChI=1S/C19H16F3N3O3S/c1-18(2,29(27,28)14-7-8-16(24-11-14)19(20,21)22)17(26)25-13-9-12-5-3-4-6-15(12)23-10-13/h3-11H,1-2H3,(H,25,26). The lowest BCUT2D eigenvalue weighted by Crippen LogP contribution is -2.44. The molecular formula is C19H16F3N3O3S. The SMILES string of the molecule is CC(C)(C(=O)Nc1cnc2ccccc2c1)S(=O)(=O)c1ccc(C(F)(F)F)nc1. The fraction of sp³-hybridized carbons (Fsp3) is 0.211. The molecule has 10 heteroatoms. The number of hydrogen-bond acceptors (Lipinski definition) is 5. The Hall–Kier alpha value is -3.01. The first kappa shape index (κ1) is 20.7. The van der Waals surface area contributed by atoms with E-state index in [0.717, 1.165) is 11.5 Å². The van der Waals surface area contributed by atoms with Crippen LogP contribution in [0.5, 0.6) is 0 Å². The third-order valence-electron chi connectivity index (χ3n) is 4.40. The number of para-hydroxylation sites is 1. The van der Waals surface area contributed by atoms with Gasteiger partial charge in [0, 0.05) is 11.6 Å². The lowest BCUT2D eigenvalue weighted by atomic mass is 10.1. The number of nitrogens with zero attached hydrogens (tertiary/aromatic N) is 2. The summed E-state index contributed by atoms with van der Waals surface area (Å²) in [4.78, 5) is 19.6. The van der Waals surface area contributed by atoms with E-state index in [9.17, 15) is 26.4 Å². The third-order valence-corrected chi connectivity index (χ3v) is 6.80. The lowest BCUT2D eigenvalue weighted by Gasteiger charge is -2.24. The number of carbonyl (C=O) groups excluding carboxylic acids is 1. The van der Waals surface area contributed by atoms with Crippen LogP contribution >= 0.6 is 0 Å². The van der Waals surface area contributed by atoms with Crippen molar-refractivity contribution in [3.8, 4) is 0 Å². The molecule has 3 rings (SSSR count). The molecule has 0 aliphatic heterocycles. The highest BCUT2D eigenvalue weighted by Crippen LogP contribution is 2.31. The molecule has 0 aliphatic rings. The van der Waals surface area contributed by atoms with Crippen molar-refractivity contribution >= 4 is 32.3 Å². The van der Waals surface area contributed by atoms with E-state index in [4.69, 9.17) is 0 Å². The van der Waals surface area contributed by atoms with Crippen molar-refractivity contribution < 1.29 is 26.4 Å². The highest BCUT2D eigenvalue weighted by molar-refractivity contribution is 7.93. The van der Waals surface area contributed by atoms with Crippen LogP contribution in [0.4, 0.5) is 18.9 Å². The predicted octanol–water partition coefficient (Wildman–Crippen LogP) is 3.84. The van der Waals surface area contributed by atoms with Gasteiger partial charge in [-0.1, -0.05) is 18.2 Å². The molecule has 0 atom stereocenters. The zero-order valence-electron chi connectivity index (χ0n) is 15.4. The average molecular weight is 423 g/mol. The number of fused-ring (bicyclic) bond motifs is 1. The van der Waals surface area contributed by atoms with Crippen LogP contribution < -0.4 is 5.32 Å². The van der Waals surface area contributed by atoms with Crippen LogP contribution in [0.1, 0.15) is 19.5 Å². The molecule has 0 unspecified atom stereocenters. The first-order valence-corrected chi connectivity index (χ1v) is 9.85. The summed E-state index contributed by atoms with van der Waals surface area (Å²) in [5.74, 6) is -0.852. The van der Waals surface area contributed by atoms with Gasteiger partial charge in [-0.25, -0.2) is 8.42 Å². The number of carbonyl (C=O) groups is 1. The van der Waals surface area contributed by atoms with Crippen molar-refractivity contribution in [1.82, 2.24) is 9.97 Å². The second-order valence-corrected chi connectivity index (χ2v) is 9.26. The normalized spacial score (nSPS) is 12.7. The van der Waals surface area contributed by atoms with Crippen molar-refractivity contribution in [2.45, 2.75) is 29.7 Å². The predicted molar refractivity (Wildman–Crippen MR) is 101 cm³/mol. The molecule has 0 fully saturated rings. The van der Waals surface area contributed by atoms with E-state index in [2.05, 4.69) is 15.3 Å². The average Bonchev–Trinajstić information content (AvgIpc) is 2.67. The van der Waals surface area contributed by atoms with Gasteiger partial charge in [0.1, 0.15) is 10.4 Å². The molecule has 0 radical (unpaired) electrons. The van der Waals surface area contributed by atoms with Crippen LogP contribution in [0.3, 0.4) is 0 Å². The van der Waals surface area contributed by atoms with Crippen LogP contribution in [0.15, 0.2) is 59.8 Å². The summed E-state index contributed by atoms with van der Waals surface area (Å²) in [6.07, 6.45) is -2.70. The zero-order chi connectivity index (χ0) is 21.4. The third kappa shape index (κ3) is 3.93. The van der Waals surface area contributed by atoms with Crippen LogP contribution in [-0.4, -0.2) is 29.0 Å². The van der Waals surface area contributed by atoms with Crippen molar-refractivity contribution in [3.63, 3.8) is 0 Å². The van der Waals surface area contributed by atoms with E-state index in [1.165, 1.54) is 20.0 Å². The molecule has 1 aromatic carbocycles. The van der Waals surface area contributed by atoms with Gasteiger partial charge < -0.3 is 5.32 Å². The summed E-state index contributed by atoms with van der Waals surface area (Å²) in [5, 5.41) is 3.25. The summed E-state index contributed by atoms with van der Waals surface area (Å²) in [6, 6.07) is 10.2. The molecule has 0 aliphatic carbocycles. The molecule has 0 spiro atoms. The van der Waals surface area contributed by atoms with Crippen LogP contribution in [0, 0.1) is 0 Å². The van der Waals surface area contributed by atoms with Crippen molar-refractivity contribution in [3.05, 3.63) is 60.6 Å². The second kappa shape index (κ2) is 7.11. The number of alkyl halides is 3. The number of benzene rings is 1. The van der Waals surface area contributed by atoms with Crippen molar-refractivity contribution in [2.24, 2.45) is 0 Å². The Morgan fingerprint density at radius 1 is 1.00 bits per heavy atom. The van der Waals surface area contributed by atoms with E-state index in [-0.39, 0.29) is 0 Å². The molecule has 0 bridgehead atoms. The maximum Gasteiger partial charge on any atom is 0.433 e. The van der Waals surface area contributed by atoms with Gasteiger partial charge in [0.2, 0.25) is 5.91 Å². The molecule has 0 saturated carbocycles. The minimum absolute atomic E-state index is 0.294. The molecule has 6 nitrogen and oxygen atoms in total. The smallest absolute Gasteiger partial charge is 0.323 e. The first-order chi connectivity index (χ1) is 13.4. The van der Waals surface area contributed by atoms with Gasteiger partial charge in [-0.15, -0.1) is 0 Å².